The summed E-state index contributed by atoms with van der Waals surface area (Å²) in [4.78, 5) is 4.60. The van der Waals surface area contributed by atoms with Crippen LogP contribution in [0.15, 0.2) is 48.7 Å². The predicted molar refractivity (Wildman–Crippen MR) is 78.3 cm³/mol. The molecule has 0 saturated carbocycles. The number of rotatable bonds is 2. The van der Waals surface area contributed by atoms with Crippen molar-refractivity contribution >= 4 is 11.5 Å². The maximum absolute atomic E-state index is 6.05. The van der Waals surface area contributed by atoms with Gasteiger partial charge in [0.05, 0.1) is 5.69 Å². The third kappa shape index (κ3) is 1.87. The van der Waals surface area contributed by atoms with E-state index >= 15 is 0 Å². The molecule has 1 aromatic carbocycles. The second-order valence-electron chi connectivity index (χ2n) is 4.87. The minimum absolute atomic E-state index is 0.297. The lowest BCUT2D eigenvalue weighted by molar-refractivity contribution is 0.915. The predicted octanol–water partition coefficient (Wildman–Crippen LogP) is 3.38. The highest BCUT2D eigenvalue weighted by atomic mass is 15.1. The number of hydrogen-bond donors (Lipinski definition) is 1. The normalized spacial score (nSPS) is 12.7. The van der Waals surface area contributed by atoms with Crippen LogP contribution >= 0.6 is 0 Å². The van der Waals surface area contributed by atoms with Crippen molar-refractivity contribution in [3.05, 3.63) is 65.5 Å². The van der Waals surface area contributed by atoms with Crippen LogP contribution in [0.3, 0.4) is 0 Å². The van der Waals surface area contributed by atoms with Crippen LogP contribution in [0.2, 0.25) is 0 Å². The molecular weight excluding hydrogens is 234 g/mol. The lowest BCUT2D eigenvalue weighted by Gasteiger charge is -2.13. The van der Waals surface area contributed by atoms with Crippen LogP contribution in [0.25, 0.3) is 5.65 Å². The molecule has 0 aliphatic heterocycles. The summed E-state index contributed by atoms with van der Waals surface area (Å²) >= 11 is 0. The topological polar surface area (TPSA) is 43.3 Å². The van der Waals surface area contributed by atoms with Crippen LogP contribution in [0.4, 0.5) is 5.82 Å². The molecular formula is C16H17N3. The van der Waals surface area contributed by atoms with Gasteiger partial charge in [-0.1, -0.05) is 43.3 Å². The SMILES string of the molecule is Cc1nc2c(C(C)c3ccccc3)cccn2c1N. The molecule has 0 spiro atoms. The molecule has 19 heavy (non-hydrogen) atoms. The number of aromatic nitrogens is 2. The number of hydrogen-bond acceptors (Lipinski definition) is 2. The van der Waals surface area contributed by atoms with Crippen LogP contribution in [0, 0.1) is 6.92 Å². The number of nitrogens with zero attached hydrogens (tertiary/aromatic N) is 2. The number of fused-ring (bicyclic) bond motifs is 1. The summed E-state index contributed by atoms with van der Waals surface area (Å²) in [5.74, 6) is 1.02. The van der Waals surface area contributed by atoms with Gasteiger partial charge < -0.3 is 5.73 Å². The first-order valence-electron chi connectivity index (χ1n) is 6.46. The van der Waals surface area contributed by atoms with E-state index in [1.54, 1.807) is 0 Å². The van der Waals surface area contributed by atoms with Crippen molar-refractivity contribution in [3.8, 4) is 0 Å². The second kappa shape index (κ2) is 4.43. The number of nitrogen functional groups attached to an aromatic ring is 1. The van der Waals surface area contributed by atoms with Crippen molar-refractivity contribution < 1.29 is 0 Å². The van der Waals surface area contributed by atoms with E-state index in [0.717, 1.165) is 17.2 Å². The van der Waals surface area contributed by atoms with E-state index in [9.17, 15) is 0 Å². The Kier molecular flexibility index (Phi) is 2.75. The van der Waals surface area contributed by atoms with E-state index in [0.29, 0.717) is 5.92 Å². The summed E-state index contributed by atoms with van der Waals surface area (Å²) in [7, 11) is 0. The van der Waals surface area contributed by atoms with Crippen molar-refractivity contribution in [2.45, 2.75) is 19.8 Å². The Balaban J connectivity index is 2.18. The van der Waals surface area contributed by atoms with Crippen molar-refractivity contribution in [2.24, 2.45) is 0 Å². The van der Waals surface area contributed by atoms with Gasteiger partial charge in [-0.25, -0.2) is 4.98 Å². The highest BCUT2D eigenvalue weighted by molar-refractivity contribution is 5.59. The van der Waals surface area contributed by atoms with Gasteiger partial charge in [-0.05, 0) is 18.6 Å². The Morgan fingerprint density at radius 1 is 1.11 bits per heavy atom. The minimum Gasteiger partial charge on any atom is -0.383 e. The molecule has 3 aromatic rings. The van der Waals surface area contributed by atoms with E-state index in [4.69, 9.17) is 5.73 Å². The molecule has 2 aromatic heterocycles. The summed E-state index contributed by atoms with van der Waals surface area (Å²) in [5.41, 5.74) is 10.4. The van der Waals surface area contributed by atoms with E-state index in [1.165, 1.54) is 11.1 Å². The van der Waals surface area contributed by atoms with E-state index in [1.807, 2.05) is 29.7 Å². The Labute approximate surface area is 112 Å². The highest BCUT2D eigenvalue weighted by Crippen LogP contribution is 2.28. The Bertz CT molecular complexity index is 713. The van der Waals surface area contributed by atoms with Crippen molar-refractivity contribution in [2.75, 3.05) is 5.73 Å². The Morgan fingerprint density at radius 2 is 1.84 bits per heavy atom. The van der Waals surface area contributed by atoms with E-state index in [2.05, 4.69) is 42.2 Å². The zero-order valence-corrected chi connectivity index (χ0v) is 11.2. The summed E-state index contributed by atoms with van der Waals surface area (Å²) < 4.78 is 1.96. The molecule has 3 heteroatoms. The van der Waals surface area contributed by atoms with Gasteiger partial charge in [-0.3, -0.25) is 4.40 Å². The highest BCUT2D eigenvalue weighted by Gasteiger charge is 2.15. The summed E-state index contributed by atoms with van der Waals surface area (Å²) in [6.07, 6.45) is 1.96. The molecule has 3 rings (SSSR count). The van der Waals surface area contributed by atoms with Gasteiger partial charge in [0.1, 0.15) is 11.5 Å². The molecule has 1 unspecified atom stereocenters. The third-order valence-corrected chi connectivity index (χ3v) is 3.67. The molecule has 0 aliphatic carbocycles. The van der Waals surface area contributed by atoms with Gasteiger partial charge in [-0.15, -0.1) is 0 Å². The summed E-state index contributed by atoms with van der Waals surface area (Å²) in [5, 5.41) is 0. The molecule has 0 fully saturated rings. The zero-order valence-electron chi connectivity index (χ0n) is 11.2. The molecule has 0 bridgehead atoms. The maximum atomic E-state index is 6.05. The van der Waals surface area contributed by atoms with Crippen LogP contribution in [0.1, 0.15) is 29.7 Å². The fourth-order valence-corrected chi connectivity index (χ4v) is 2.48. The monoisotopic (exact) mass is 251 g/mol. The molecule has 0 amide bonds. The molecule has 0 radical (unpaired) electrons. The van der Waals surface area contributed by atoms with Gasteiger partial charge in [0.25, 0.3) is 0 Å². The molecule has 2 N–H and O–H groups in total. The summed E-state index contributed by atoms with van der Waals surface area (Å²) in [6, 6.07) is 14.6. The van der Waals surface area contributed by atoms with Gasteiger partial charge in [0, 0.05) is 17.7 Å². The van der Waals surface area contributed by atoms with Crippen molar-refractivity contribution in [1.82, 2.24) is 9.38 Å². The quantitative estimate of drug-likeness (QED) is 0.758. The molecule has 0 aliphatic rings. The first kappa shape index (κ1) is 11.8. The standard InChI is InChI=1S/C16H17N3/c1-11(13-7-4-3-5-8-13)14-9-6-10-19-15(17)12(2)18-16(14)19/h3-11H,17H2,1-2H3. The smallest absolute Gasteiger partial charge is 0.142 e. The van der Waals surface area contributed by atoms with Crippen LogP contribution < -0.4 is 5.73 Å². The van der Waals surface area contributed by atoms with Gasteiger partial charge in [-0.2, -0.15) is 0 Å². The average molecular weight is 251 g/mol. The minimum atomic E-state index is 0.297. The first-order chi connectivity index (χ1) is 9.18. The lowest BCUT2D eigenvalue weighted by atomic mass is 9.94. The van der Waals surface area contributed by atoms with Crippen LogP contribution in [-0.4, -0.2) is 9.38 Å². The van der Waals surface area contributed by atoms with E-state index < -0.39 is 0 Å². The van der Waals surface area contributed by atoms with Gasteiger partial charge in [0.2, 0.25) is 0 Å². The molecule has 0 saturated heterocycles. The maximum Gasteiger partial charge on any atom is 0.142 e. The lowest BCUT2D eigenvalue weighted by Crippen LogP contribution is -2.00. The molecule has 1 atom stereocenters. The molecule has 3 nitrogen and oxygen atoms in total. The number of aryl methyl sites for hydroxylation is 1. The first-order valence-corrected chi connectivity index (χ1v) is 6.46. The van der Waals surface area contributed by atoms with Crippen molar-refractivity contribution in [3.63, 3.8) is 0 Å². The van der Waals surface area contributed by atoms with Gasteiger partial charge in [0.15, 0.2) is 0 Å². The Morgan fingerprint density at radius 3 is 2.58 bits per heavy atom. The van der Waals surface area contributed by atoms with Crippen LogP contribution in [0.5, 0.6) is 0 Å². The number of benzene rings is 1. The molecule has 96 valence electrons. The van der Waals surface area contributed by atoms with Crippen molar-refractivity contribution in [1.29, 1.82) is 0 Å². The van der Waals surface area contributed by atoms with E-state index in [-0.39, 0.29) is 0 Å². The Hall–Kier alpha value is -2.29. The number of anilines is 1. The van der Waals surface area contributed by atoms with Crippen LogP contribution in [-0.2, 0) is 0 Å². The third-order valence-electron chi connectivity index (χ3n) is 3.67. The van der Waals surface area contributed by atoms with Gasteiger partial charge >= 0.3 is 0 Å². The number of pyridine rings is 1. The molecule has 2 heterocycles. The summed E-state index contributed by atoms with van der Waals surface area (Å²) in [6.45, 7) is 4.14. The fraction of sp³-hybridized carbons (Fsp3) is 0.188. The largest absolute Gasteiger partial charge is 0.383 e. The number of imidazole rings is 1. The second-order valence-corrected chi connectivity index (χ2v) is 4.87. The fourth-order valence-electron chi connectivity index (χ4n) is 2.48. The zero-order chi connectivity index (χ0) is 13.4. The number of nitrogens with two attached hydrogens (primary N) is 1. The average Bonchev–Trinajstić information content (AvgIpc) is 2.75.